The molecule has 0 aromatic heterocycles. The van der Waals surface area contributed by atoms with Crippen LogP contribution in [0.2, 0.25) is 0 Å². The lowest BCUT2D eigenvalue weighted by Crippen LogP contribution is -2.36. The van der Waals surface area contributed by atoms with Crippen LogP contribution in [0.3, 0.4) is 0 Å². The Kier molecular flexibility index (Phi) is 4.32. The van der Waals surface area contributed by atoms with Crippen LogP contribution in [0, 0.1) is 0 Å². The molecule has 0 unspecified atom stereocenters. The average Bonchev–Trinajstić information content (AvgIpc) is 2.14. The maximum atomic E-state index is 9.59. The van der Waals surface area contributed by atoms with Gasteiger partial charge in [-0.15, -0.1) is 0 Å². The van der Waals surface area contributed by atoms with E-state index in [0.717, 1.165) is 4.47 Å². The first-order valence-electron chi connectivity index (χ1n) is 5.10. The fourth-order valence-corrected chi connectivity index (χ4v) is 1.54. The van der Waals surface area contributed by atoms with Gasteiger partial charge in [-0.2, -0.15) is 0 Å². The third-order valence-electron chi connectivity index (χ3n) is 2.21. The molecular formula is C12H18BrNO. The molecule has 0 radical (unpaired) electrons. The van der Waals surface area contributed by atoms with Gasteiger partial charge < -0.3 is 10.4 Å². The van der Waals surface area contributed by atoms with Gasteiger partial charge in [0.05, 0.1) is 5.60 Å². The highest BCUT2D eigenvalue weighted by atomic mass is 79.9. The Morgan fingerprint density at radius 3 is 2.33 bits per heavy atom. The molecule has 0 fully saturated rings. The van der Waals surface area contributed by atoms with Gasteiger partial charge in [-0.1, -0.05) is 28.1 Å². The number of rotatable bonds is 4. The molecule has 1 rings (SSSR count). The number of aliphatic hydroxyl groups is 1. The first-order chi connectivity index (χ1) is 6.88. The Bertz CT molecular complexity index is 302. The van der Waals surface area contributed by atoms with E-state index in [1.54, 1.807) is 13.8 Å². The summed E-state index contributed by atoms with van der Waals surface area (Å²) in [5.74, 6) is 0. The molecule has 0 aliphatic rings. The molecule has 1 atom stereocenters. The molecule has 0 saturated carbocycles. The van der Waals surface area contributed by atoms with Crippen LogP contribution in [-0.4, -0.2) is 17.3 Å². The minimum atomic E-state index is -0.663. The predicted octanol–water partition coefficient (Wildman–Crippen LogP) is 2.87. The van der Waals surface area contributed by atoms with Gasteiger partial charge in [0.2, 0.25) is 0 Å². The van der Waals surface area contributed by atoms with E-state index in [9.17, 15) is 5.11 Å². The topological polar surface area (TPSA) is 32.3 Å². The van der Waals surface area contributed by atoms with E-state index in [0.29, 0.717) is 6.54 Å². The number of hydrogen-bond donors (Lipinski definition) is 2. The fourth-order valence-electron chi connectivity index (χ4n) is 1.27. The van der Waals surface area contributed by atoms with Crippen LogP contribution in [0.15, 0.2) is 28.7 Å². The van der Waals surface area contributed by atoms with Gasteiger partial charge in [-0.25, -0.2) is 0 Å². The molecule has 0 amide bonds. The molecule has 0 saturated heterocycles. The Morgan fingerprint density at radius 1 is 1.33 bits per heavy atom. The fraction of sp³-hybridized carbons (Fsp3) is 0.500. The summed E-state index contributed by atoms with van der Waals surface area (Å²) in [5, 5.41) is 12.9. The van der Waals surface area contributed by atoms with E-state index in [1.165, 1.54) is 5.56 Å². The highest BCUT2D eigenvalue weighted by molar-refractivity contribution is 9.10. The molecule has 0 spiro atoms. The SMILES string of the molecule is C[C@H](NCC(C)(C)O)c1ccc(Br)cc1. The normalized spacial score (nSPS) is 13.9. The highest BCUT2D eigenvalue weighted by Crippen LogP contribution is 2.16. The Hall–Kier alpha value is -0.380. The molecule has 2 N–H and O–H groups in total. The van der Waals surface area contributed by atoms with Crippen LogP contribution in [0.1, 0.15) is 32.4 Å². The second-order valence-corrected chi connectivity index (χ2v) is 5.38. The van der Waals surface area contributed by atoms with Crippen molar-refractivity contribution in [3.8, 4) is 0 Å². The van der Waals surface area contributed by atoms with Crippen molar-refractivity contribution in [2.45, 2.75) is 32.4 Å². The quantitative estimate of drug-likeness (QED) is 0.883. The first-order valence-corrected chi connectivity index (χ1v) is 5.89. The summed E-state index contributed by atoms with van der Waals surface area (Å²) in [6.45, 7) is 6.28. The number of nitrogens with one attached hydrogen (secondary N) is 1. The third-order valence-corrected chi connectivity index (χ3v) is 2.74. The Morgan fingerprint density at radius 2 is 1.87 bits per heavy atom. The van der Waals surface area contributed by atoms with Crippen molar-refractivity contribution in [1.29, 1.82) is 0 Å². The van der Waals surface area contributed by atoms with Gasteiger partial charge in [0.15, 0.2) is 0 Å². The number of benzene rings is 1. The number of halogens is 1. The molecule has 84 valence electrons. The van der Waals surface area contributed by atoms with Crippen LogP contribution >= 0.6 is 15.9 Å². The second kappa shape index (κ2) is 5.10. The van der Waals surface area contributed by atoms with Crippen molar-refractivity contribution in [1.82, 2.24) is 5.32 Å². The van der Waals surface area contributed by atoms with Gasteiger partial charge >= 0.3 is 0 Å². The van der Waals surface area contributed by atoms with E-state index < -0.39 is 5.60 Å². The van der Waals surface area contributed by atoms with Gasteiger partial charge in [0.1, 0.15) is 0 Å². The summed E-state index contributed by atoms with van der Waals surface area (Å²) < 4.78 is 1.08. The zero-order chi connectivity index (χ0) is 11.5. The zero-order valence-corrected chi connectivity index (χ0v) is 11.0. The lowest BCUT2D eigenvalue weighted by atomic mass is 10.1. The lowest BCUT2D eigenvalue weighted by Gasteiger charge is -2.22. The summed E-state index contributed by atoms with van der Waals surface area (Å²) in [4.78, 5) is 0. The summed E-state index contributed by atoms with van der Waals surface area (Å²) in [7, 11) is 0. The molecule has 0 heterocycles. The van der Waals surface area contributed by atoms with E-state index in [2.05, 4.69) is 40.3 Å². The van der Waals surface area contributed by atoms with E-state index in [4.69, 9.17) is 0 Å². The zero-order valence-electron chi connectivity index (χ0n) is 9.42. The van der Waals surface area contributed by atoms with Crippen molar-refractivity contribution in [2.24, 2.45) is 0 Å². The van der Waals surface area contributed by atoms with Crippen molar-refractivity contribution >= 4 is 15.9 Å². The third kappa shape index (κ3) is 4.78. The largest absolute Gasteiger partial charge is 0.389 e. The van der Waals surface area contributed by atoms with Crippen LogP contribution in [0.5, 0.6) is 0 Å². The standard InChI is InChI=1S/C12H18BrNO/c1-9(14-8-12(2,3)15)10-4-6-11(13)7-5-10/h4-7,9,14-15H,8H2,1-3H3/t9-/m0/s1. The molecule has 0 bridgehead atoms. The smallest absolute Gasteiger partial charge is 0.0715 e. The molecule has 15 heavy (non-hydrogen) atoms. The number of hydrogen-bond acceptors (Lipinski definition) is 2. The predicted molar refractivity (Wildman–Crippen MR) is 66.9 cm³/mol. The van der Waals surface area contributed by atoms with Crippen molar-refractivity contribution in [2.75, 3.05) is 6.54 Å². The molecule has 2 nitrogen and oxygen atoms in total. The van der Waals surface area contributed by atoms with E-state index in [1.807, 2.05) is 12.1 Å². The van der Waals surface area contributed by atoms with E-state index >= 15 is 0 Å². The van der Waals surface area contributed by atoms with Gasteiger partial charge in [-0.05, 0) is 38.5 Å². The van der Waals surface area contributed by atoms with E-state index in [-0.39, 0.29) is 6.04 Å². The van der Waals surface area contributed by atoms with Crippen LogP contribution < -0.4 is 5.32 Å². The minimum Gasteiger partial charge on any atom is -0.389 e. The van der Waals surface area contributed by atoms with Crippen molar-refractivity contribution in [3.05, 3.63) is 34.3 Å². The molecule has 0 aliphatic carbocycles. The summed E-state index contributed by atoms with van der Waals surface area (Å²) >= 11 is 3.40. The first kappa shape index (κ1) is 12.7. The minimum absolute atomic E-state index is 0.254. The Balaban J connectivity index is 2.54. The van der Waals surface area contributed by atoms with Gasteiger partial charge in [0.25, 0.3) is 0 Å². The van der Waals surface area contributed by atoms with Crippen LogP contribution in [0.4, 0.5) is 0 Å². The molecule has 0 aliphatic heterocycles. The van der Waals surface area contributed by atoms with Crippen LogP contribution in [-0.2, 0) is 0 Å². The maximum absolute atomic E-state index is 9.59. The maximum Gasteiger partial charge on any atom is 0.0715 e. The average molecular weight is 272 g/mol. The summed E-state index contributed by atoms with van der Waals surface area (Å²) in [6, 6.07) is 8.46. The molecule has 3 heteroatoms. The molecule has 1 aromatic rings. The molecule has 1 aromatic carbocycles. The van der Waals surface area contributed by atoms with Gasteiger partial charge in [0, 0.05) is 17.1 Å². The highest BCUT2D eigenvalue weighted by Gasteiger charge is 2.14. The van der Waals surface area contributed by atoms with Crippen molar-refractivity contribution in [3.63, 3.8) is 0 Å². The van der Waals surface area contributed by atoms with Crippen LogP contribution in [0.25, 0.3) is 0 Å². The summed E-state index contributed by atoms with van der Waals surface area (Å²) in [6.07, 6.45) is 0. The summed E-state index contributed by atoms with van der Waals surface area (Å²) in [5.41, 5.74) is 0.561. The second-order valence-electron chi connectivity index (χ2n) is 4.47. The van der Waals surface area contributed by atoms with Gasteiger partial charge in [-0.3, -0.25) is 0 Å². The lowest BCUT2D eigenvalue weighted by molar-refractivity contribution is 0.0770. The Labute approximate surface area is 99.8 Å². The monoisotopic (exact) mass is 271 g/mol. The molecular weight excluding hydrogens is 254 g/mol. The van der Waals surface area contributed by atoms with Crippen molar-refractivity contribution < 1.29 is 5.11 Å².